The fourth-order valence-corrected chi connectivity index (χ4v) is 3.69. The number of aryl methyl sites for hydroxylation is 1. The zero-order valence-corrected chi connectivity index (χ0v) is 14.8. The van der Waals surface area contributed by atoms with Crippen molar-refractivity contribution in [3.63, 3.8) is 0 Å². The molecule has 0 radical (unpaired) electrons. The normalized spacial score (nSPS) is 18.0. The lowest BCUT2D eigenvalue weighted by atomic mass is 10.2. The van der Waals surface area contributed by atoms with E-state index in [-0.39, 0.29) is 0 Å². The smallest absolute Gasteiger partial charge is 0.123 e. The first-order valence-electron chi connectivity index (χ1n) is 9.05. The van der Waals surface area contributed by atoms with E-state index in [1.165, 1.54) is 24.0 Å². The molecule has 0 amide bonds. The molecule has 0 saturated carbocycles. The van der Waals surface area contributed by atoms with Crippen LogP contribution in [-0.4, -0.2) is 36.8 Å². The summed E-state index contributed by atoms with van der Waals surface area (Å²) in [7, 11) is 0. The third-order valence-electron chi connectivity index (χ3n) is 5.00. The van der Waals surface area contributed by atoms with E-state index in [4.69, 9.17) is 0 Å². The minimum absolute atomic E-state index is 0.543. The summed E-state index contributed by atoms with van der Waals surface area (Å²) in [6, 6.07) is 11.1. The van der Waals surface area contributed by atoms with Gasteiger partial charge in [0.05, 0.1) is 19.3 Å². The Kier molecular flexibility index (Phi) is 4.65. The topological polar surface area (TPSA) is 38.9 Å². The molecule has 3 heterocycles. The second kappa shape index (κ2) is 7.23. The van der Waals surface area contributed by atoms with Gasteiger partial charge in [0.2, 0.25) is 0 Å². The first-order chi connectivity index (χ1) is 12.3. The predicted octanol–water partition coefficient (Wildman–Crippen LogP) is 3.10. The minimum atomic E-state index is 0.543. The Labute approximate surface area is 148 Å². The molecule has 3 aromatic rings. The second-order valence-corrected chi connectivity index (χ2v) is 6.96. The highest BCUT2D eigenvalue weighted by molar-refractivity contribution is 5.15. The van der Waals surface area contributed by atoms with Gasteiger partial charge in [-0.2, -0.15) is 5.10 Å². The molecule has 4 rings (SSSR count). The van der Waals surface area contributed by atoms with E-state index in [0.29, 0.717) is 6.04 Å². The van der Waals surface area contributed by atoms with Gasteiger partial charge < -0.3 is 4.57 Å². The van der Waals surface area contributed by atoms with E-state index >= 15 is 0 Å². The van der Waals surface area contributed by atoms with Crippen molar-refractivity contribution in [2.75, 3.05) is 6.54 Å². The summed E-state index contributed by atoms with van der Waals surface area (Å²) in [4.78, 5) is 7.18. The summed E-state index contributed by atoms with van der Waals surface area (Å²) in [5.41, 5.74) is 2.54. The zero-order chi connectivity index (χ0) is 17.1. The highest BCUT2D eigenvalue weighted by atomic mass is 15.3. The number of rotatable bonds is 6. The molecule has 1 aliphatic rings. The Morgan fingerprint density at radius 3 is 2.84 bits per heavy atom. The molecule has 130 valence electrons. The van der Waals surface area contributed by atoms with Gasteiger partial charge in [0.1, 0.15) is 5.82 Å². The van der Waals surface area contributed by atoms with Gasteiger partial charge in [0.15, 0.2) is 0 Å². The third-order valence-corrected chi connectivity index (χ3v) is 5.00. The molecule has 0 bridgehead atoms. The first kappa shape index (κ1) is 16.1. The Bertz CT molecular complexity index is 804. The largest absolute Gasteiger partial charge is 0.329 e. The van der Waals surface area contributed by atoms with Gasteiger partial charge in [-0.05, 0) is 37.4 Å². The molecular formula is C20H25N5. The highest BCUT2D eigenvalue weighted by Gasteiger charge is 2.26. The van der Waals surface area contributed by atoms with Crippen LogP contribution in [0, 0.1) is 6.92 Å². The van der Waals surface area contributed by atoms with Crippen molar-refractivity contribution in [2.45, 2.75) is 45.4 Å². The molecule has 0 aliphatic carbocycles. The van der Waals surface area contributed by atoms with Crippen LogP contribution >= 0.6 is 0 Å². The molecule has 25 heavy (non-hydrogen) atoms. The molecule has 2 aromatic heterocycles. The van der Waals surface area contributed by atoms with E-state index in [1.807, 2.05) is 12.4 Å². The quantitative estimate of drug-likeness (QED) is 0.695. The van der Waals surface area contributed by atoms with Crippen LogP contribution in [0.5, 0.6) is 0 Å². The molecule has 1 fully saturated rings. The summed E-state index contributed by atoms with van der Waals surface area (Å²) < 4.78 is 4.34. The van der Waals surface area contributed by atoms with E-state index in [9.17, 15) is 0 Å². The molecule has 1 atom stereocenters. The number of nitrogens with zero attached hydrogens (tertiary/aromatic N) is 5. The van der Waals surface area contributed by atoms with Crippen molar-refractivity contribution >= 4 is 0 Å². The van der Waals surface area contributed by atoms with E-state index in [0.717, 1.165) is 32.0 Å². The molecule has 1 saturated heterocycles. The average Bonchev–Trinajstić information content (AvgIpc) is 3.34. The summed E-state index contributed by atoms with van der Waals surface area (Å²) in [5, 5.41) is 4.45. The minimum Gasteiger partial charge on any atom is -0.329 e. The maximum atomic E-state index is 4.62. The molecular weight excluding hydrogens is 310 g/mol. The summed E-state index contributed by atoms with van der Waals surface area (Å²) in [6.07, 6.45) is 10.6. The van der Waals surface area contributed by atoms with Crippen LogP contribution in [0.4, 0.5) is 0 Å². The van der Waals surface area contributed by atoms with Crippen molar-refractivity contribution < 1.29 is 0 Å². The van der Waals surface area contributed by atoms with Gasteiger partial charge in [0.25, 0.3) is 0 Å². The SMILES string of the molecule is Cc1cnn(CC2CCCN2Cc2nccn2Cc2ccccc2)c1. The zero-order valence-electron chi connectivity index (χ0n) is 14.8. The van der Waals surface area contributed by atoms with Gasteiger partial charge in [-0.3, -0.25) is 9.58 Å². The number of benzene rings is 1. The van der Waals surface area contributed by atoms with Gasteiger partial charge >= 0.3 is 0 Å². The molecule has 1 aromatic carbocycles. The van der Waals surface area contributed by atoms with Crippen LogP contribution in [0.2, 0.25) is 0 Å². The highest BCUT2D eigenvalue weighted by Crippen LogP contribution is 2.21. The predicted molar refractivity (Wildman–Crippen MR) is 98.2 cm³/mol. The Balaban J connectivity index is 1.44. The van der Waals surface area contributed by atoms with Gasteiger partial charge in [-0.1, -0.05) is 30.3 Å². The number of hydrogen-bond donors (Lipinski definition) is 0. The van der Waals surface area contributed by atoms with Crippen LogP contribution in [-0.2, 0) is 19.6 Å². The standard InChI is InChI=1S/C20H25N5/c1-17-12-22-25(13-17)15-19-8-5-10-23(19)16-20-21-9-11-24(20)14-18-6-3-2-4-7-18/h2-4,6-7,9,11-13,19H,5,8,10,14-16H2,1H3. The van der Waals surface area contributed by atoms with Gasteiger partial charge in [-0.15, -0.1) is 0 Å². The number of imidazole rings is 1. The maximum Gasteiger partial charge on any atom is 0.123 e. The molecule has 1 aliphatic heterocycles. The van der Waals surface area contributed by atoms with Gasteiger partial charge in [-0.25, -0.2) is 4.98 Å². The Hall–Kier alpha value is -2.40. The summed E-state index contributed by atoms with van der Waals surface area (Å²) in [6.45, 7) is 5.99. The first-order valence-corrected chi connectivity index (χ1v) is 9.05. The van der Waals surface area contributed by atoms with Crippen molar-refractivity contribution in [1.82, 2.24) is 24.2 Å². The Morgan fingerprint density at radius 2 is 2.04 bits per heavy atom. The van der Waals surface area contributed by atoms with Crippen LogP contribution in [0.3, 0.4) is 0 Å². The molecule has 0 N–H and O–H groups in total. The van der Waals surface area contributed by atoms with Crippen LogP contribution in [0.15, 0.2) is 55.1 Å². The van der Waals surface area contributed by atoms with Crippen molar-refractivity contribution in [3.05, 3.63) is 72.1 Å². The van der Waals surface area contributed by atoms with Crippen molar-refractivity contribution in [3.8, 4) is 0 Å². The maximum absolute atomic E-state index is 4.62. The third kappa shape index (κ3) is 3.82. The molecule has 5 heteroatoms. The lowest BCUT2D eigenvalue weighted by Crippen LogP contribution is -2.33. The van der Waals surface area contributed by atoms with Crippen LogP contribution in [0.25, 0.3) is 0 Å². The summed E-state index contributed by atoms with van der Waals surface area (Å²) >= 11 is 0. The molecule has 1 unspecified atom stereocenters. The lowest BCUT2D eigenvalue weighted by Gasteiger charge is -2.24. The monoisotopic (exact) mass is 335 g/mol. The second-order valence-electron chi connectivity index (χ2n) is 6.96. The van der Waals surface area contributed by atoms with Crippen molar-refractivity contribution in [2.24, 2.45) is 0 Å². The van der Waals surface area contributed by atoms with Gasteiger partial charge in [0, 0.05) is 31.2 Å². The van der Waals surface area contributed by atoms with Crippen LogP contribution < -0.4 is 0 Å². The lowest BCUT2D eigenvalue weighted by molar-refractivity contribution is 0.212. The number of likely N-dealkylation sites (tertiary alicyclic amines) is 1. The molecule has 0 spiro atoms. The number of aromatic nitrogens is 4. The average molecular weight is 335 g/mol. The van der Waals surface area contributed by atoms with E-state index in [1.54, 1.807) is 0 Å². The van der Waals surface area contributed by atoms with Crippen LogP contribution in [0.1, 0.15) is 29.8 Å². The Morgan fingerprint density at radius 1 is 1.16 bits per heavy atom. The fourth-order valence-electron chi connectivity index (χ4n) is 3.69. The van der Waals surface area contributed by atoms with E-state index < -0.39 is 0 Å². The van der Waals surface area contributed by atoms with Crippen molar-refractivity contribution in [1.29, 1.82) is 0 Å². The summed E-state index contributed by atoms with van der Waals surface area (Å²) in [5.74, 6) is 1.15. The van der Waals surface area contributed by atoms with E-state index in [2.05, 4.69) is 73.9 Å². The fraction of sp³-hybridized carbons (Fsp3) is 0.400. The number of hydrogen-bond acceptors (Lipinski definition) is 3. The molecule has 5 nitrogen and oxygen atoms in total.